The molecule has 0 radical (unpaired) electrons. The molecular weight excluding hydrogens is 316 g/mol. The average molecular weight is 342 g/mol. The molecule has 25 heavy (non-hydrogen) atoms. The average Bonchev–Trinajstić information content (AvgIpc) is 3.01. The normalized spacial score (nSPS) is 15.2. The molecule has 2 aromatic heterocycles. The van der Waals surface area contributed by atoms with Crippen molar-refractivity contribution in [3.63, 3.8) is 0 Å². The van der Waals surface area contributed by atoms with E-state index >= 15 is 0 Å². The molecule has 3 rings (SSSR count). The molecule has 0 aromatic carbocycles. The van der Waals surface area contributed by atoms with Gasteiger partial charge in [-0.2, -0.15) is 0 Å². The number of rotatable bonds is 6. The van der Waals surface area contributed by atoms with Crippen LogP contribution in [-0.2, 0) is 16.1 Å². The Bertz CT molecular complexity index is 747. The summed E-state index contributed by atoms with van der Waals surface area (Å²) >= 11 is 0. The number of nitrogens with zero attached hydrogens (tertiary/aromatic N) is 2. The molecule has 1 saturated carbocycles. The fourth-order valence-electron chi connectivity index (χ4n) is 3.38. The third-order valence-corrected chi connectivity index (χ3v) is 4.78. The zero-order chi connectivity index (χ0) is 17.6. The first-order valence-corrected chi connectivity index (χ1v) is 9.08. The Balaban J connectivity index is 1.40. The van der Waals surface area contributed by atoms with Gasteiger partial charge in [0.15, 0.2) is 0 Å². The number of hydrogen-bond acceptors (Lipinski definition) is 3. The number of amides is 2. The van der Waals surface area contributed by atoms with Crippen LogP contribution in [0.2, 0.25) is 0 Å². The largest absolute Gasteiger partial charge is 0.349 e. The summed E-state index contributed by atoms with van der Waals surface area (Å²) in [4.78, 5) is 28.3. The molecule has 0 unspecified atom stereocenters. The van der Waals surface area contributed by atoms with Crippen LogP contribution >= 0.6 is 0 Å². The fraction of sp³-hybridized carbons (Fsp3) is 0.526. The SMILES string of the molecule is Cc1ccn2cc(CNC(=O)CNC(=O)CC3CCCCC3)nc2c1. The van der Waals surface area contributed by atoms with Gasteiger partial charge in [-0.15, -0.1) is 0 Å². The van der Waals surface area contributed by atoms with Crippen LogP contribution in [0.4, 0.5) is 0 Å². The number of fused-ring (bicyclic) bond motifs is 1. The fourth-order valence-corrected chi connectivity index (χ4v) is 3.38. The Kier molecular flexibility index (Phi) is 5.68. The lowest BCUT2D eigenvalue weighted by Crippen LogP contribution is -2.37. The van der Waals surface area contributed by atoms with Crippen LogP contribution in [0.25, 0.3) is 5.65 Å². The lowest BCUT2D eigenvalue weighted by Gasteiger charge is -2.20. The van der Waals surface area contributed by atoms with Gasteiger partial charge < -0.3 is 15.0 Å². The molecule has 6 heteroatoms. The van der Waals surface area contributed by atoms with Crippen LogP contribution in [0.1, 0.15) is 49.8 Å². The molecule has 0 atom stereocenters. The smallest absolute Gasteiger partial charge is 0.239 e. The molecule has 0 saturated heterocycles. The van der Waals surface area contributed by atoms with Crippen LogP contribution in [0.3, 0.4) is 0 Å². The van der Waals surface area contributed by atoms with Crippen molar-refractivity contribution in [3.8, 4) is 0 Å². The first kappa shape index (κ1) is 17.5. The zero-order valence-corrected chi connectivity index (χ0v) is 14.8. The second kappa shape index (κ2) is 8.14. The van der Waals surface area contributed by atoms with E-state index in [1.165, 1.54) is 19.3 Å². The van der Waals surface area contributed by atoms with E-state index in [0.29, 0.717) is 18.9 Å². The van der Waals surface area contributed by atoms with Crippen molar-refractivity contribution < 1.29 is 9.59 Å². The number of imidazole rings is 1. The second-order valence-corrected chi connectivity index (χ2v) is 6.96. The van der Waals surface area contributed by atoms with Crippen LogP contribution in [0.5, 0.6) is 0 Å². The van der Waals surface area contributed by atoms with Gasteiger partial charge in [0.25, 0.3) is 0 Å². The van der Waals surface area contributed by atoms with Gasteiger partial charge in [-0.25, -0.2) is 4.98 Å². The zero-order valence-electron chi connectivity index (χ0n) is 14.8. The van der Waals surface area contributed by atoms with Crippen molar-refractivity contribution in [1.82, 2.24) is 20.0 Å². The quantitative estimate of drug-likeness (QED) is 0.846. The third kappa shape index (κ3) is 5.05. The molecule has 6 nitrogen and oxygen atoms in total. The number of nitrogens with one attached hydrogen (secondary N) is 2. The summed E-state index contributed by atoms with van der Waals surface area (Å²) in [6, 6.07) is 4.01. The van der Waals surface area contributed by atoms with Crippen molar-refractivity contribution in [3.05, 3.63) is 35.8 Å². The summed E-state index contributed by atoms with van der Waals surface area (Å²) in [6.45, 7) is 2.40. The lowest BCUT2D eigenvalue weighted by molar-refractivity contribution is -0.126. The maximum Gasteiger partial charge on any atom is 0.239 e. The van der Waals surface area contributed by atoms with Crippen molar-refractivity contribution in [2.24, 2.45) is 5.92 Å². The van der Waals surface area contributed by atoms with Crippen molar-refractivity contribution in [2.75, 3.05) is 6.54 Å². The Morgan fingerprint density at radius 2 is 2.00 bits per heavy atom. The molecule has 1 aliphatic rings. The van der Waals surface area contributed by atoms with Crippen LogP contribution in [-0.4, -0.2) is 27.7 Å². The summed E-state index contributed by atoms with van der Waals surface area (Å²) in [5.41, 5.74) is 2.81. The first-order chi connectivity index (χ1) is 12.1. The summed E-state index contributed by atoms with van der Waals surface area (Å²) in [7, 11) is 0. The van der Waals surface area contributed by atoms with Crippen LogP contribution in [0.15, 0.2) is 24.5 Å². The van der Waals surface area contributed by atoms with Gasteiger partial charge in [0.2, 0.25) is 11.8 Å². The van der Waals surface area contributed by atoms with Gasteiger partial charge in [0.1, 0.15) is 5.65 Å². The first-order valence-electron chi connectivity index (χ1n) is 9.08. The maximum absolute atomic E-state index is 11.9. The predicted octanol–water partition coefficient (Wildman–Crippen LogP) is 2.35. The van der Waals surface area contributed by atoms with E-state index in [2.05, 4.69) is 15.6 Å². The summed E-state index contributed by atoms with van der Waals surface area (Å²) in [5.74, 6) is 0.272. The van der Waals surface area contributed by atoms with Crippen LogP contribution < -0.4 is 10.6 Å². The topological polar surface area (TPSA) is 75.5 Å². The van der Waals surface area contributed by atoms with E-state index in [1.807, 2.05) is 35.9 Å². The summed E-state index contributed by atoms with van der Waals surface area (Å²) in [5, 5.41) is 5.53. The number of aromatic nitrogens is 2. The van der Waals surface area contributed by atoms with Gasteiger partial charge in [-0.05, 0) is 43.4 Å². The molecule has 0 aliphatic heterocycles. The minimum atomic E-state index is -0.190. The number of carbonyl (C=O) groups is 2. The molecule has 2 N–H and O–H groups in total. The van der Waals surface area contributed by atoms with Gasteiger partial charge in [-0.1, -0.05) is 19.3 Å². The van der Waals surface area contributed by atoms with Gasteiger partial charge in [-0.3, -0.25) is 9.59 Å². The highest BCUT2D eigenvalue weighted by atomic mass is 16.2. The van der Waals surface area contributed by atoms with E-state index in [0.717, 1.165) is 29.7 Å². The van der Waals surface area contributed by atoms with E-state index in [1.54, 1.807) is 0 Å². The third-order valence-electron chi connectivity index (χ3n) is 4.78. The number of pyridine rings is 1. The molecule has 0 bridgehead atoms. The Hall–Kier alpha value is -2.37. The molecule has 134 valence electrons. The Labute approximate surface area is 148 Å². The monoisotopic (exact) mass is 342 g/mol. The molecule has 2 aromatic rings. The number of hydrogen-bond donors (Lipinski definition) is 2. The van der Waals surface area contributed by atoms with E-state index < -0.39 is 0 Å². The molecule has 2 amide bonds. The molecule has 0 spiro atoms. The Morgan fingerprint density at radius 1 is 1.20 bits per heavy atom. The van der Waals surface area contributed by atoms with Crippen molar-refractivity contribution in [2.45, 2.75) is 52.0 Å². The second-order valence-electron chi connectivity index (χ2n) is 6.96. The highest BCUT2D eigenvalue weighted by Gasteiger charge is 2.17. The number of carbonyl (C=O) groups excluding carboxylic acids is 2. The van der Waals surface area contributed by atoms with Crippen LogP contribution in [0, 0.1) is 12.8 Å². The van der Waals surface area contributed by atoms with Crippen molar-refractivity contribution >= 4 is 17.5 Å². The minimum Gasteiger partial charge on any atom is -0.349 e. The van der Waals surface area contributed by atoms with E-state index in [-0.39, 0.29) is 18.4 Å². The molecule has 1 fully saturated rings. The van der Waals surface area contributed by atoms with Gasteiger partial charge in [0, 0.05) is 18.8 Å². The highest BCUT2D eigenvalue weighted by molar-refractivity contribution is 5.84. The van der Waals surface area contributed by atoms with Gasteiger partial charge >= 0.3 is 0 Å². The molecule has 2 heterocycles. The lowest BCUT2D eigenvalue weighted by atomic mass is 9.87. The molecule has 1 aliphatic carbocycles. The number of aryl methyl sites for hydroxylation is 1. The van der Waals surface area contributed by atoms with Crippen molar-refractivity contribution in [1.29, 1.82) is 0 Å². The maximum atomic E-state index is 11.9. The minimum absolute atomic E-state index is 0.0229. The molecular formula is C19H26N4O2. The van der Waals surface area contributed by atoms with Gasteiger partial charge in [0.05, 0.1) is 18.8 Å². The van der Waals surface area contributed by atoms with E-state index in [4.69, 9.17) is 0 Å². The standard InChI is InChI=1S/C19H26N4O2/c1-14-7-8-23-13-16(22-17(23)9-14)11-20-19(25)12-21-18(24)10-15-5-3-2-4-6-15/h7-9,13,15H,2-6,10-12H2,1H3,(H,20,25)(H,21,24). The Morgan fingerprint density at radius 3 is 2.80 bits per heavy atom. The summed E-state index contributed by atoms with van der Waals surface area (Å²) in [6.07, 6.45) is 10.4. The van der Waals surface area contributed by atoms with E-state index in [9.17, 15) is 9.59 Å². The highest BCUT2D eigenvalue weighted by Crippen LogP contribution is 2.25. The summed E-state index contributed by atoms with van der Waals surface area (Å²) < 4.78 is 1.93. The predicted molar refractivity (Wildman–Crippen MR) is 96.0 cm³/mol.